The first-order chi connectivity index (χ1) is 14.0. The van der Waals surface area contributed by atoms with Crippen molar-refractivity contribution in [3.05, 3.63) is 77.5 Å². The number of ether oxygens (including phenoxy) is 2. The normalized spacial score (nSPS) is 11.2. The Morgan fingerprint density at radius 3 is 2.41 bits per heavy atom. The van der Waals surface area contributed by atoms with E-state index < -0.39 is 0 Å². The number of pyridine rings is 1. The van der Waals surface area contributed by atoms with Gasteiger partial charge in [0.15, 0.2) is 17.5 Å². The van der Waals surface area contributed by atoms with E-state index in [1.807, 2.05) is 63.2 Å². The Morgan fingerprint density at radius 1 is 1.03 bits per heavy atom. The van der Waals surface area contributed by atoms with Crippen LogP contribution >= 0.6 is 0 Å². The lowest BCUT2D eigenvalue weighted by atomic mass is 10.1. The maximum atomic E-state index is 6.01. The molecule has 1 aromatic heterocycles. The van der Waals surface area contributed by atoms with Gasteiger partial charge in [0.1, 0.15) is 0 Å². The van der Waals surface area contributed by atoms with Crippen LogP contribution in [-0.2, 0) is 6.54 Å². The number of aliphatic imine (C=N–C) groups is 1. The minimum Gasteiger partial charge on any atom is -0.490 e. The first-order valence-corrected chi connectivity index (χ1v) is 9.53. The lowest BCUT2D eigenvalue weighted by Gasteiger charge is -2.10. The Labute approximate surface area is 171 Å². The topological polar surface area (TPSA) is 81.8 Å². The fourth-order valence-electron chi connectivity index (χ4n) is 2.90. The van der Waals surface area contributed by atoms with Crippen molar-refractivity contribution in [2.24, 2.45) is 10.7 Å². The fourth-order valence-corrected chi connectivity index (χ4v) is 2.90. The predicted octanol–water partition coefficient (Wildman–Crippen LogP) is 4.82. The number of nitrogens with zero attached hydrogens (tertiary/aromatic N) is 2. The third kappa shape index (κ3) is 5.97. The van der Waals surface area contributed by atoms with Crippen LogP contribution in [0.4, 0.5) is 5.69 Å². The van der Waals surface area contributed by atoms with Gasteiger partial charge in [-0.3, -0.25) is 0 Å². The molecule has 0 saturated carbocycles. The van der Waals surface area contributed by atoms with Gasteiger partial charge in [0.2, 0.25) is 5.88 Å². The number of anilines is 1. The van der Waals surface area contributed by atoms with E-state index in [1.165, 1.54) is 11.1 Å². The first kappa shape index (κ1) is 20.2. The Bertz CT molecular complexity index is 964. The number of benzene rings is 2. The molecule has 6 nitrogen and oxygen atoms in total. The lowest BCUT2D eigenvalue weighted by molar-refractivity contribution is 0.319. The minimum atomic E-state index is 0.362. The molecule has 0 unspecified atom stereocenters. The number of rotatable bonds is 7. The summed E-state index contributed by atoms with van der Waals surface area (Å²) in [6.07, 6.45) is 1.73. The molecule has 150 valence electrons. The predicted molar refractivity (Wildman–Crippen MR) is 117 cm³/mol. The maximum Gasteiger partial charge on any atom is 0.219 e. The van der Waals surface area contributed by atoms with Crippen LogP contribution in [-0.4, -0.2) is 17.6 Å². The van der Waals surface area contributed by atoms with Crippen LogP contribution in [0.3, 0.4) is 0 Å². The monoisotopic (exact) mass is 390 g/mol. The molecule has 0 amide bonds. The molecule has 0 bridgehead atoms. The second-order valence-electron chi connectivity index (χ2n) is 6.69. The fraction of sp³-hybridized carbons (Fsp3) is 0.217. The number of guanidine groups is 1. The Balaban J connectivity index is 1.61. The standard InChI is InChI=1S/C23H26N4O2/c1-4-28-20-7-5-6-8-21(20)29-22-10-9-18(14-25-22)15-26-23(24)27-19-12-16(2)11-17(3)13-19/h5-14H,4,15H2,1-3H3,(H3,24,26,27). The molecule has 0 aliphatic rings. The van der Waals surface area contributed by atoms with Crippen molar-refractivity contribution in [1.82, 2.24) is 4.98 Å². The highest BCUT2D eigenvalue weighted by atomic mass is 16.5. The van der Waals surface area contributed by atoms with Gasteiger partial charge < -0.3 is 20.5 Å². The Hall–Kier alpha value is -3.54. The van der Waals surface area contributed by atoms with E-state index in [0.717, 1.165) is 11.3 Å². The van der Waals surface area contributed by atoms with Gasteiger partial charge in [-0.15, -0.1) is 0 Å². The molecule has 2 aromatic carbocycles. The maximum absolute atomic E-state index is 6.01. The van der Waals surface area contributed by atoms with Crippen LogP contribution < -0.4 is 20.5 Å². The molecular weight excluding hydrogens is 364 g/mol. The second-order valence-corrected chi connectivity index (χ2v) is 6.69. The third-order valence-electron chi connectivity index (χ3n) is 4.09. The highest BCUT2D eigenvalue weighted by Crippen LogP contribution is 2.30. The van der Waals surface area contributed by atoms with Gasteiger partial charge >= 0.3 is 0 Å². The summed E-state index contributed by atoms with van der Waals surface area (Å²) in [6.45, 7) is 7.03. The van der Waals surface area contributed by atoms with E-state index >= 15 is 0 Å². The largest absolute Gasteiger partial charge is 0.490 e. The second kappa shape index (κ2) is 9.59. The summed E-state index contributed by atoms with van der Waals surface area (Å²) >= 11 is 0. The molecular formula is C23H26N4O2. The SMILES string of the molecule is CCOc1ccccc1Oc1ccc(CN=C(N)Nc2cc(C)cc(C)c2)cn1. The van der Waals surface area contributed by atoms with Crippen LogP contribution in [0.5, 0.6) is 17.4 Å². The summed E-state index contributed by atoms with van der Waals surface area (Å²) in [7, 11) is 0. The number of aryl methyl sites for hydroxylation is 2. The number of aromatic nitrogens is 1. The van der Waals surface area contributed by atoms with E-state index in [-0.39, 0.29) is 0 Å². The summed E-state index contributed by atoms with van der Waals surface area (Å²) in [5, 5.41) is 3.12. The van der Waals surface area contributed by atoms with E-state index in [4.69, 9.17) is 15.2 Å². The van der Waals surface area contributed by atoms with Gasteiger partial charge in [-0.1, -0.05) is 24.3 Å². The van der Waals surface area contributed by atoms with Crippen molar-refractivity contribution in [3.63, 3.8) is 0 Å². The zero-order valence-corrected chi connectivity index (χ0v) is 17.0. The van der Waals surface area contributed by atoms with Crippen LogP contribution in [0.2, 0.25) is 0 Å². The van der Waals surface area contributed by atoms with E-state index in [1.54, 1.807) is 12.3 Å². The third-order valence-corrected chi connectivity index (χ3v) is 4.09. The van der Waals surface area contributed by atoms with Crippen LogP contribution in [0, 0.1) is 13.8 Å². The van der Waals surface area contributed by atoms with Crippen LogP contribution in [0.1, 0.15) is 23.6 Å². The number of nitrogens with two attached hydrogens (primary N) is 1. The number of hydrogen-bond acceptors (Lipinski definition) is 4. The molecule has 0 atom stereocenters. The van der Waals surface area contributed by atoms with Gasteiger partial charge in [-0.2, -0.15) is 0 Å². The zero-order valence-electron chi connectivity index (χ0n) is 17.0. The van der Waals surface area contributed by atoms with Gasteiger partial charge in [0, 0.05) is 18.0 Å². The molecule has 0 fully saturated rings. The average Bonchev–Trinajstić information content (AvgIpc) is 2.68. The van der Waals surface area contributed by atoms with Crippen LogP contribution in [0.15, 0.2) is 65.8 Å². The molecule has 29 heavy (non-hydrogen) atoms. The van der Waals surface area contributed by atoms with Crippen molar-refractivity contribution < 1.29 is 9.47 Å². The van der Waals surface area contributed by atoms with Crippen molar-refractivity contribution in [2.75, 3.05) is 11.9 Å². The van der Waals surface area contributed by atoms with E-state index in [9.17, 15) is 0 Å². The van der Waals surface area contributed by atoms with Crippen LogP contribution in [0.25, 0.3) is 0 Å². The molecule has 0 aliphatic carbocycles. The van der Waals surface area contributed by atoms with Gasteiger partial charge in [-0.25, -0.2) is 9.98 Å². The molecule has 6 heteroatoms. The molecule has 0 aliphatic heterocycles. The molecule has 0 saturated heterocycles. The molecule has 3 rings (SSSR count). The quantitative estimate of drug-likeness (QED) is 0.447. The van der Waals surface area contributed by atoms with Crippen molar-refractivity contribution in [1.29, 1.82) is 0 Å². The van der Waals surface area contributed by atoms with E-state index in [2.05, 4.69) is 21.4 Å². The highest BCUT2D eigenvalue weighted by molar-refractivity contribution is 5.92. The molecule has 0 spiro atoms. The van der Waals surface area contributed by atoms with Gasteiger partial charge in [-0.05, 0) is 61.7 Å². The summed E-state index contributed by atoms with van der Waals surface area (Å²) in [5.74, 6) is 2.18. The van der Waals surface area contributed by atoms with Crippen molar-refractivity contribution in [3.8, 4) is 17.4 Å². The van der Waals surface area contributed by atoms with Crippen molar-refractivity contribution in [2.45, 2.75) is 27.3 Å². The lowest BCUT2D eigenvalue weighted by Crippen LogP contribution is -2.22. The summed E-state index contributed by atoms with van der Waals surface area (Å²) in [6, 6.07) is 17.4. The first-order valence-electron chi connectivity index (χ1n) is 9.53. The Kier molecular flexibility index (Phi) is 6.68. The van der Waals surface area contributed by atoms with Gasteiger partial charge in [0.25, 0.3) is 0 Å². The molecule has 3 aromatic rings. The highest BCUT2D eigenvalue weighted by Gasteiger charge is 2.06. The number of para-hydroxylation sites is 2. The molecule has 0 radical (unpaired) electrons. The van der Waals surface area contributed by atoms with E-state index in [0.29, 0.717) is 36.5 Å². The number of nitrogens with one attached hydrogen (secondary N) is 1. The summed E-state index contributed by atoms with van der Waals surface area (Å²) in [5.41, 5.74) is 10.2. The molecule has 3 N–H and O–H groups in total. The van der Waals surface area contributed by atoms with Gasteiger partial charge in [0.05, 0.1) is 13.2 Å². The smallest absolute Gasteiger partial charge is 0.219 e. The Morgan fingerprint density at radius 2 is 1.76 bits per heavy atom. The summed E-state index contributed by atoms with van der Waals surface area (Å²) < 4.78 is 11.4. The van der Waals surface area contributed by atoms with Crippen molar-refractivity contribution >= 4 is 11.6 Å². The molecule has 1 heterocycles. The minimum absolute atomic E-state index is 0.362. The average molecular weight is 390 g/mol. The zero-order chi connectivity index (χ0) is 20.6. The number of hydrogen-bond donors (Lipinski definition) is 2. The summed E-state index contributed by atoms with van der Waals surface area (Å²) in [4.78, 5) is 8.74.